The molecule has 0 saturated carbocycles. The van der Waals surface area contributed by atoms with E-state index in [0.717, 1.165) is 0 Å². The van der Waals surface area contributed by atoms with Gasteiger partial charge in [0.05, 0.1) is 6.54 Å². The van der Waals surface area contributed by atoms with Gasteiger partial charge in [-0.25, -0.2) is 8.78 Å². The summed E-state index contributed by atoms with van der Waals surface area (Å²) in [5.41, 5.74) is 0. The van der Waals surface area contributed by atoms with Crippen molar-refractivity contribution >= 4 is 0 Å². The molecule has 0 bridgehead atoms. The lowest BCUT2D eigenvalue weighted by Crippen LogP contribution is -2.21. The van der Waals surface area contributed by atoms with Gasteiger partial charge in [0.2, 0.25) is 0 Å². The fourth-order valence-electron chi connectivity index (χ4n) is 1.44. The fraction of sp³-hybridized carbons (Fsp3) is 0.714. The zero-order valence-electron chi connectivity index (χ0n) is 6.50. The van der Waals surface area contributed by atoms with E-state index in [1.54, 1.807) is 0 Å². The van der Waals surface area contributed by atoms with E-state index in [4.69, 9.17) is 0 Å². The summed E-state index contributed by atoms with van der Waals surface area (Å²) in [4.78, 5) is 0. The molecule has 0 aromatic carbocycles. The van der Waals surface area contributed by atoms with E-state index in [1.807, 2.05) is 0 Å². The molecule has 12 heavy (non-hydrogen) atoms. The number of alkyl halides is 2. The minimum absolute atomic E-state index is 0.0453. The van der Waals surface area contributed by atoms with Gasteiger partial charge >= 0.3 is 0 Å². The zero-order chi connectivity index (χ0) is 8.60. The van der Waals surface area contributed by atoms with Crippen LogP contribution in [0.4, 0.5) is 8.78 Å². The van der Waals surface area contributed by atoms with Gasteiger partial charge in [0.1, 0.15) is 12.2 Å². The number of hydrogen-bond acceptors (Lipinski definition) is 2. The molecule has 0 amide bonds. The number of halogens is 2. The number of rotatable bonds is 0. The third kappa shape index (κ3) is 1.31. The number of fused-ring (bicyclic) bond motifs is 1. The monoisotopic (exact) mass is 173 g/mol. The highest BCUT2D eigenvalue weighted by Gasteiger charge is 2.32. The largest absolute Gasteiger partial charge is 0.312 e. The van der Waals surface area contributed by atoms with Gasteiger partial charge in [0, 0.05) is 12.8 Å². The highest BCUT2D eigenvalue weighted by molar-refractivity contribution is 4.91. The third-order valence-electron chi connectivity index (χ3n) is 2.04. The van der Waals surface area contributed by atoms with Crippen LogP contribution in [-0.4, -0.2) is 20.7 Å². The van der Waals surface area contributed by atoms with Gasteiger partial charge in [-0.2, -0.15) is 0 Å². The minimum Gasteiger partial charge on any atom is -0.312 e. The quantitative estimate of drug-likeness (QED) is 0.591. The van der Waals surface area contributed by atoms with Crippen LogP contribution in [0.5, 0.6) is 0 Å². The summed E-state index contributed by atoms with van der Waals surface area (Å²) in [6.07, 6.45) is 2.42. The second-order valence-electron chi connectivity index (χ2n) is 3.08. The van der Waals surface area contributed by atoms with Crippen LogP contribution < -0.4 is 0 Å². The molecule has 2 rings (SSSR count). The van der Waals surface area contributed by atoms with E-state index in [2.05, 4.69) is 10.2 Å². The van der Waals surface area contributed by atoms with Crippen molar-refractivity contribution in [2.45, 2.75) is 31.7 Å². The molecule has 0 fully saturated rings. The molecule has 2 heterocycles. The van der Waals surface area contributed by atoms with Gasteiger partial charge in [0.15, 0.2) is 0 Å². The number of aryl methyl sites for hydroxylation is 1. The first kappa shape index (κ1) is 7.64. The van der Waals surface area contributed by atoms with E-state index < -0.39 is 5.92 Å². The predicted molar refractivity (Wildman–Crippen MR) is 37.9 cm³/mol. The Morgan fingerprint density at radius 2 is 2.33 bits per heavy atom. The van der Waals surface area contributed by atoms with Crippen molar-refractivity contribution < 1.29 is 8.78 Å². The van der Waals surface area contributed by atoms with Gasteiger partial charge < -0.3 is 4.57 Å². The van der Waals surface area contributed by atoms with Crippen molar-refractivity contribution in [3.63, 3.8) is 0 Å². The van der Waals surface area contributed by atoms with Gasteiger partial charge in [-0.05, 0) is 6.42 Å². The molecule has 0 atom stereocenters. The molecular weight excluding hydrogens is 164 g/mol. The normalized spacial score (nSPS) is 21.5. The minimum atomic E-state index is -2.59. The molecule has 0 radical (unpaired) electrons. The molecule has 0 aliphatic carbocycles. The average Bonchev–Trinajstić information content (AvgIpc) is 2.31. The molecule has 0 unspecified atom stereocenters. The SMILES string of the molecule is FC1(F)CCCc2nncn2C1. The summed E-state index contributed by atoms with van der Waals surface area (Å²) < 4.78 is 27.3. The Morgan fingerprint density at radius 1 is 1.50 bits per heavy atom. The van der Waals surface area contributed by atoms with Crippen molar-refractivity contribution in [2.75, 3.05) is 0 Å². The van der Waals surface area contributed by atoms with Gasteiger partial charge in [-0.15, -0.1) is 10.2 Å². The zero-order valence-corrected chi connectivity index (χ0v) is 6.50. The number of hydrogen-bond donors (Lipinski definition) is 0. The van der Waals surface area contributed by atoms with E-state index in [9.17, 15) is 8.78 Å². The Hall–Kier alpha value is -1.00. The van der Waals surface area contributed by atoms with Crippen molar-refractivity contribution in [1.29, 1.82) is 0 Å². The first-order valence-corrected chi connectivity index (χ1v) is 3.92. The highest BCUT2D eigenvalue weighted by Crippen LogP contribution is 2.26. The molecule has 66 valence electrons. The lowest BCUT2D eigenvalue weighted by atomic mass is 10.2. The molecule has 5 heteroatoms. The van der Waals surface area contributed by atoms with Crippen LogP contribution in [0.25, 0.3) is 0 Å². The van der Waals surface area contributed by atoms with E-state index >= 15 is 0 Å². The Kier molecular flexibility index (Phi) is 1.59. The van der Waals surface area contributed by atoms with Crippen LogP contribution in [0, 0.1) is 0 Å². The van der Waals surface area contributed by atoms with Crippen molar-refractivity contribution in [3.05, 3.63) is 12.2 Å². The Balaban J connectivity index is 2.30. The van der Waals surface area contributed by atoms with Crippen molar-refractivity contribution in [1.82, 2.24) is 14.8 Å². The Labute approximate surface area is 68.4 Å². The molecule has 1 aliphatic heterocycles. The van der Waals surface area contributed by atoms with Gasteiger partial charge in [-0.1, -0.05) is 0 Å². The maximum atomic E-state index is 12.9. The second-order valence-corrected chi connectivity index (χ2v) is 3.08. The first-order chi connectivity index (χ1) is 5.67. The Bertz CT molecular complexity index is 282. The number of nitrogens with zero attached hydrogens (tertiary/aromatic N) is 3. The molecular formula is C7H9F2N3. The summed E-state index contributed by atoms with van der Waals surface area (Å²) in [6, 6.07) is 0. The van der Waals surface area contributed by atoms with Crippen LogP contribution in [0.2, 0.25) is 0 Å². The molecule has 0 spiro atoms. The molecule has 0 saturated heterocycles. The van der Waals surface area contributed by atoms with E-state index in [1.165, 1.54) is 10.9 Å². The molecule has 1 aromatic heterocycles. The van der Waals surface area contributed by atoms with Gasteiger partial charge in [0.25, 0.3) is 5.92 Å². The summed E-state index contributed by atoms with van der Waals surface area (Å²) in [6.45, 7) is -0.269. The third-order valence-corrected chi connectivity index (χ3v) is 2.04. The number of aromatic nitrogens is 3. The van der Waals surface area contributed by atoms with Crippen LogP contribution in [0.3, 0.4) is 0 Å². The summed E-state index contributed by atoms with van der Waals surface area (Å²) in [7, 11) is 0. The molecule has 1 aromatic rings. The Morgan fingerprint density at radius 3 is 3.17 bits per heavy atom. The van der Waals surface area contributed by atoms with E-state index in [0.29, 0.717) is 18.7 Å². The lowest BCUT2D eigenvalue weighted by molar-refractivity contribution is -0.0222. The van der Waals surface area contributed by atoms with Crippen LogP contribution in [0.15, 0.2) is 6.33 Å². The summed E-state index contributed by atoms with van der Waals surface area (Å²) in [5, 5.41) is 7.35. The smallest absolute Gasteiger partial charge is 0.265 e. The maximum Gasteiger partial charge on any atom is 0.265 e. The average molecular weight is 173 g/mol. The summed E-state index contributed by atoms with van der Waals surface area (Å²) in [5.74, 6) is -1.92. The fourth-order valence-corrected chi connectivity index (χ4v) is 1.44. The van der Waals surface area contributed by atoms with Gasteiger partial charge in [-0.3, -0.25) is 0 Å². The van der Waals surface area contributed by atoms with Crippen molar-refractivity contribution in [2.24, 2.45) is 0 Å². The predicted octanol–water partition coefficient (Wildman–Crippen LogP) is 1.25. The van der Waals surface area contributed by atoms with Crippen LogP contribution in [0.1, 0.15) is 18.7 Å². The summed E-state index contributed by atoms with van der Waals surface area (Å²) >= 11 is 0. The standard InChI is InChI=1S/C7H9F2N3/c8-7(9)3-1-2-6-11-10-5-12(6)4-7/h5H,1-4H2. The first-order valence-electron chi connectivity index (χ1n) is 3.92. The maximum absolute atomic E-state index is 12.9. The lowest BCUT2D eigenvalue weighted by Gasteiger charge is -2.12. The molecule has 0 N–H and O–H groups in total. The van der Waals surface area contributed by atoms with Crippen LogP contribution in [-0.2, 0) is 13.0 Å². The van der Waals surface area contributed by atoms with Crippen molar-refractivity contribution in [3.8, 4) is 0 Å². The van der Waals surface area contributed by atoms with E-state index in [-0.39, 0.29) is 13.0 Å². The highest BCUT2D eigenvalue weighted by atomic mass is 19.3. The molecule has 1 aliphatic rings. The molecule has 3 nitrogen and oxygen atoms in total. The topological polar surface area (TPSA) is 30.7 Å². The van der Waals surface area contributed by atoms with Crippen LogP contribution >= 0.6 is 0 Å². The second kappa shape index (κ2) is 2.50.